The highest BCUT2D eigenvalue weighted by Gasteiger charge is 2.35. The van der Waals surface area contributed by atoms with Crippen molar-refractivity contribution in [2.45, 2.75) is 25.6 Å². The lowest BCUT2D eigenvalue weighted by Crippen LogP contribution is -2.38. The molecule has 0 amide bonds. The molecule has 1 unspecified atom stereocenters. The molecule has 116 valence electrons. The maximum atomic E-state index is 11.8. The minimum Gasteiger partial charge on any atom is -0.453 e. The van der Waals surface area contributed by atoms with Gasteiger partial charge in [0.15, 0.2) is 16.9 Å². The number of benzene rings is 2. The normalized spacial score (nSPS) is 14.8. The second-order valence-corrected chi connectivity index (χ2v) is 6.86. The van der Waals surface area contributed by atoms with E-state index in [1.807, 2.05) is 37.3 Å². The molecule has 1 aliphatic heterocycles. The first kappa shape index (κ1) is 14.9. The molecule has 1 aliphatic rings. The highest BCUT2D eigenvalue weighted by Crippen LogP contribution is 2.48. The molecular formula is C16H17NO4S. The maximum absolute atomic E-state index is 11.8. The van der Waals surface area contributed by atoms with Gasteiger partial charge in [-0.1, -0.05) is 25.1 Å². The van der Waals surface area contributed by atoms with Gasteiger partial charge in [0, 0.05) is 0 Å². The molecule has 0 bridgehead atoms. The lowest BCUT2D eigenvalue weighted by Gasteiger charge is -2.36. The molecule has 22 heavy (non-hydrogen) atoms. The summed E-state index contributed by atoms with van der Waals surface area (Å²) in [6, 6.07) is 12.8. The molecule has 1 N–H and O–H groups in total. The molecule has 0 fully saturated rings. The third-order valence-electron chi connectivity index (χ3n) is 3.70. The standard InChI is InChI=1S/C16H17NO4S/c1-3-16(22(18,19)20)17-12-6-4-5-7-14(12)21-15-10-11(2)8-9-13(15)17/h4-10,16H,3H2,1-2H3,(H,18,19,20). The fourth-order valence-electron chi connectivity index (χ4n) is 2.73. The van der Waals surface area contributed by atoms with Crippen molar-refractivity contribution < 1.29 is 17.7 Å². The molecule has 1 atom stereocenters. The van der Waals surface area contributed by atoms with E-state index in [4.69, 9.17) is 4.74 Å². The molecular weight excluding hydrogens is 302 g/mol. The molecule has 1 heterocycles. The first-order valence-corrected chi connectivity index (χ1v) is 8.55. The summed E-state index contributed by atoms with van der Waals surface area (Å²) < 4.78 is 39.1. The Balaban J connectivity index is 2.25. The minimum absolute atomic E-state index is 0.250. The molecule has 2 aromatic rings. The Hall–Kier alpha value is -2.05. The summed E-state index contributed by atoms with van der Waals surface area (Å²) in [5.41, 5.74) is 2.27. The van der Waals surface area contributed by atoms with Crippen molar-refractivity contribution in [1.82, 2.24) is 0 Å². The van der Waals surface area contributed by atoms with Crippen molar-refractivity contribution in [3.63, 3.8) is 0 Å². The maximum Gasteiger partial charge on any atom is 0.286 e. The van der Waals surface area contributed by atoms with Crippen molar-refractivity contribution >= 4 is 21.5 Å². The SMILES string of the molecule is CCC(N1c2ccccc2Oc2cc(C)ccc21)S(=O)(=O)O. The van der Waals surface area contributed by atoms with Crippen molar-refractivity contribution in [2.24, 2.45) is 0 Å². The second kappa shape index (κ2) is 5.30. The zero-order valence-corrected chi connectivity index (χ0v) is 13.2. The van der Waals surface area contributed by atoms with Gasteiger partial charge in [0.1, 0.15) is 0 Å². The van der Waals surface area contributed by atoms with Crippen LogP contribution in [0.2, 0.25) is 0 Å². The zero-order chi connectivity index (χ0) is 15.9. The van der Waals surface area contributed by atoms with Crippen LogP contribution in [0.4, 0.5) is 11.4 Å². The predicted octanol–water partition coefficient (Wildman–Crippen LogP) is 3.86. The molecule has 0 saturated heterocycles. The Morgan fingerprint density at radius 1 is 1.14 bits per heavy atom. The van der Waals surface area contributed by atoms with Crippen LogP contribution in [0.1, 0.15) is 18.9 Å². The van der Waals surface area contributed by atoms with Crippen LogP contribution < -0.4 is 9.64 Å². The van der Waals surface area contributed by atoms with Gasteiger partial charge in [0.25, 0.3) is 10.1 Å². The van der Waals surface area contributed by atoms with E-state index in [1.165, 1.54) is 0 Å². The molecule has 0 spiro atoms. The summed E-state index contributed by atoms with van der Waals surface area (Å²) in [5.74, 6) is 1.16. The number of para-hydroxylation sites is 2. The number of hydrogen-bond donors (Lipinski definition) is 1. The molecule has 0 aliphatic carbocycles. The van der Waals surface area contributed by atoms with Gasteiger partial charge in [-0.2, -0.15) is 8.42 Å². The van der Waals surface area contributed by atoms with E-state index in [9.17, 15) is 13.0 Å². The van der Waals surface area contributed by atoms with Gasteiger partial charge in [-0.3, -0.25) is 4.55 Å². The fourth-order valence-corrected chi connectivity index (χ4v) is 3.64. The number of fused-ring (bicyclic) bond motifs is 2. The fraction of sp³-hybridized carbons (Fsp3) is 0.250. The van der Waals surface area contributed by atoms with E-state index in [2.05, 4.69) is 0 Å². The molecule has 6 heteroatoms. The van der Waals surface area contributed by atoms with Crippen LogP contribution in [0.3, 0.4) is 0 Å². The van der Waals surface area contributed by atoms with Gasteiger partial charge in [-0.15, -0.1) is 0 Å². The molecule has 3 rings (SSSR count). The van der Waals surface area contributed by atoms with Crippen molar-refractivity contribution in [3.8, 4) is 11.5 Å². The van der Waals surface area contributed by atoms with Crippen LogP contribution in [0.25, 0.3) is 0 Å². The highest BCUT2D eigenvalue weighted by atomic mass is 32.2. The van der Waals surface area contributed by atoms with Crippen molar-refractivity contribution in [1.29, 1.82) is 0 Å². The number of nitrogens with zero attached hydrogens (tertiary/aromatic N) is 1. The Bertz CT molecular complexity index is 817. The Kier molecular flexibility index (Phi) is 3.58. The van der Waals surface area contributed by atoms with Gasteiger partial charge in [-0.05, 0) is 43.2 Å². The van der Waals surface area contributed by atoms with Gasteiger partial charge < -0.3 is 9.64 Å². The predicted molar refractivity (Wildman–Crippen MR) is 85.5 cm³/mol. The summed E-state index contributed by atoms with van der Waals surface area (Å²) in [7, 11) is -4.24. The highest BCUT2D eigenvalue weighted by molar-refractivity contribution is 7.86. The first-order valence-electron chi connectivity index (χ1n) is 7.05. The third-order valence-corrected chi connectivity index (χ3v) is 4.93. The van der Waals surface area contributed by atoms with Gasteiger partial charge in [0.2, 0.25) is 0 Å². The molecule has 0 saturated carbocycles. The summed E-state index contributed by atoms with van der Waals surface area (Å²) in [5, 5.41) is -1.06. The summed E-state index contributed by atoms with van der Waals surface area (Å²) in [4.78, 5) is 1.63. The smallest absolute Gasteiger partial charge is 0.286 e. The summed E-state index contributed by atoms with van der Waals surface area (Å²) in [6.07, 6.45) is 0.250. The summed E-state index contributed by atoms with van der Waals surface area (Å²) in [6.45, 7) is 3.67. The van der Waals surface area contributed by atoms with Gasteiger partial charge in [-0.25, -0.2) is 0 Å². The largest absolute Gasteiger partial charge is 0.453 e. The molecule has 0 aromatic heterocycles. The number of aryl methyl sites for hydroxylation is 1. The number of rotatable bonds is 3. The van der Waals surface area contributed by atoms with E-state index in [-0.39, 0.29) is 6.42 Å². The van der Waals surface area contributed by atoms with E-state index in [1.54, 1.807) is 24.0 Å². The van der Waals surface area contributed by atoms with E-state index < -0.39 is 15.5 Å². The quantitative estimate of drug-likeness (QED) is 0.870. The van der Waals surface area contributed by atoms with E-state index in [0.29, 0.717) is 22.9 Å². The zero-order valence-electron chi connectivity index (χ0n) is 12.4. The Morgan fingerprint density at radius 3 is 2.50 bits per heavy atom. The van der Waals surface area contributed by atoms with Crippen LogP contribution in [0.5, 0.6) is 11.5 Å². The number of hydrogen-bond acceptors (Lipinski definition) is 4. The second-order valence-electron chi connectivity index (χ2n) is 5.29. The molecule has 0 radical (unpaired) electrons. The van der Waals surface area contributed by atoms with Gasteiger partial charge >= 0.3 is 0 Å². The van der Waals surface area contributed by atoms with Crippen LogP contribution in [-0.2, 0) is 10.1 Å². The van der Waals surface area contributed by atoms with E-state index in [0.717, 1.165) is 5.56 Å². The monoisotopic (exact) mass is 319 g/mol. The number of ether oxygens (including phenoxy) is 1. The lowest BCUT2D eigenvalue weighted by molar-refractivity contribution is 0.451. The summed E-state index contributed by atoms with van der Waals surface area (Å²) >= 11 is 0. The topological polar surface area (TPSA) is 66.8 Å². The van der Waals surface area contributed by atoms with Crippen molar-refractivity contribution in [3.05, 3.63) is 48.0 Å². The third kappa shape index (κ3) is 2.44. The average Bonchev–Trinajstić information content (AvgIpc) is 2.45. The van der Waals surface area contributed by atoms with E-state index >= 15 is 0 Å². The first-order chi connectivity index (χ1) is 10.4. The van der Waals surface area contributed by atoms with Gasteiger partial charge in [0.05, 0.1) is 11.4 Å². The Labute approximate surface area is 129 Å². The van der Waals surface area contributed by atoms with Crippen LogP contribution in [0.15, 0.2) is 42.5 Å². The van der Waals surface area contributed by atoms with Crippen molar-refractivity contribution in [2.75, 3.05) is 4.90 Å². The van der Waals surface area contributed by atoms with Crippen LogP contribution in [-0.4, -0.2) is 18.3 Å². The average molecular weight is 319 g/mol. The van der Waals surface area contributed by atoms with Crippen LogP contribution >= 0.6 is 0 Å². The molecule has 5 nitrogen and oxygen atoms in total. The molecule has 2 aromatic carbocycles. The number of anilines is 2. The Morgan fingerprint density at radius 2 is 1.82 bits per heavy atom. The minimum atomic E-state index is -4.24. The van der Waals surface area contributed by atoms with Crippen LogP contribution in [0, 0.1) is 6.92 Å². The lowest BCUT2D eigenvalue weighted by atomic mass is 10.1.